The number of carbonyl (C=O) groups excluding carboxylic acids is 1. The molecule has 1 amide bonds. The van der Waals surface area contributed by atoms with E-state index < -0.39 is 0 Å². The van der Waals surface area contributed by atoms with Gasteiger partial charge in [0, 0.05) is 16.9 Å². The second kappa shape index (κ2) is 9.88. The van der Waals surface area contributed by atoms with E-state index in [1.54, 1.807) is 11.9 Å². The SMILES string of the molecule is CC(C)=C(/C=C\C=C/C(C)C)C(=O)N(SC(C)C)C(C)C. The Morgan fingerprint density at radius 2 is 1.57 bits per heavy atom. The van der Waals surface area contributed by atoms with Gasteiger partial charge in [-0.3, -0.25) is 9.10 Å². The van der Waals surface area contributed by atoms with E-state index in [0.717, 1.165) is 11.1 Å². The highest BCUT2D eigenvalue weighted by atomic mass is 32.2. The Hall–Kier alpha value is -0.960. The number of hydrogen-bond acceptors (Lipinski definition) is 2. The van der Waals surface area contributed by atoms with Crippen molar-refractivity contribution in [3.8, 4) is 0 Å². The van der Waals surface area contributed by atoms with E-state index in [1.807, 2.05) is 36.4 Å². The molecule has 0 N–H and O–H groups in total. The van der Waals surface area contributed by atoms with Crippen LogP contribution < -0.4 is 0 Å². The van der Waals surface area contributed by atoms with Gasteiger partial charge in [0.1, 0.15) is 0 Å². The Morgan fingerprint density at radius 3 is 1.95 bits per heavy atom. The zero-order valence-electron chi connectivity index (χ0n) is 14.8. The molecule has 3 heteroatoms. The van der Waals surface area contributed by atoms with E-state index in [9.17, 15) is 4.79 Å². The molecule has 0 bridgehead atoms. The van der Waals surface area contributed by atoms with Crippen molar-refractivity contribution in [1.29, 1.82) is 0 Å². The van der Waals surface area contributed by atoms with Crippen LogP contribution in [0.15, 0.2) is 35.5 Å². The first-order valence-electron chi connectivity index (χ1n) is 7.69. The number of amides is 1. The van der Waals surface area contributed by atoms with Gasteiger partial charge in [-0.2, -0.15) is 0 Å². The Morgan fingerprint density at radius 1 is 1.00 bits per heavy atom. The lowest BCUT2D eigenvalue weighted by Gasteiger charge is -2.27. The minimum atomic E-state index is 0.0953. The maximum atomic E-state index is 12.8. The number of hydrogen-bond donors (Lipinski definition) is 0. The Labute approximate surface area is 135 Å². The highest BCUT2D eigenvalue weighted by molar-refractivity contribution is 7.98. The third kappa shape index (κ3) is 8.15. The summed E-state index contributed by atoms with van der Waals surface area (Å²) < 4.78 is 1.88. The van der Waals surface area contributed by atoms with E-state index in [-0.39, 0.29) is 11.9 Å². The van der Waals surface area contributed by atoms with Crippen LogP contribution in [-0.4, -0.2) is 21.5 Å². The quantitative estimate of drug-likeness (QED) is 0.357. The molecule has 0 heterocycles. The van der Waals surface area contributed by atoms with E-state index in [1.165, 1.54) is 0 Å². The molecule has 2 nitrogen and oxygen atoms in total. The van der Waals surface area contributed by atoms with E-state index in [2.05, 4.69) is 47.6 Å². The largest absolute Gasteiger partial charge is 0.280 e. The summed E-state index contributed by atoms with van der Waals surface area (Å²) in [5.74, 6) is 0.613. The van der Waals surface area contributed by atoms with Crippen LogP contribution in [0.4, 0.5) is 0 Å². The van der Waals surface area contributed by atoms with Gasteiger partial charge in [0.15, 0.2) is 0 Å². The lowest BCUT2D eigenvalue weighted by atomic mass is 10.1. The topological polar surface area (TPSA) is 20.3 Å². The van der Waals surface area contributed by atoms with Crippen LogP contribution >= 0.6 is 11.9 Å². The van der Waals surface area contributed by atoms with E-state index in [4.69, 9.17) is 0 Å². The van der Waals surface area contributed by atoms with Crippen molar-refractivity contribution in [3.05, 3.63) is 35.5 Å². The first-order valence-corrected chi connectivity index (χ1v) is 8.53. The van der Waals surface area contributed by atoms with Gasteiger partial charge in [0.25, 0.3) is 5.91 Å². The van der Waals surface area contributed by atoms with Gasteiger partial charge < -0.3 is 0 Å². The van der Waals surface area contributed by atoms with Crippen molar-refractivity contribution >= 4 is 17.9 Å². The normalized spacial score (nSPS) is 12.1. The fourth-order valence-electron chi connectivity index (χ4n) is 1.64. The van der Waals surface area contributed by atoms with Crippen LogP contribution in [0.5, 0.6) is 0 Å². The summed E-state index contributed by atoms with van der Waals surface area (Å²) in [6.45, 7) is 16.6. The summed E-state index contributed by atoms with van der Waals surface area (Å²) in [5.41, 5.74) is 1.83. The third-order valence-electron chi connectivity index (χ3n) is 2.63. The number of allylic oxidation sites excluding steroid dienone is 4. The average molecular weight is 310 g/mol. The van der Waals surface area contributed by atoms with Gasteiger partial charge >= 0.3 is 0 Å². The highest BCUT2D eigenvalue weighted by Crippen LogP contribution is 2.24. The summed E-state index contributed by atoms with van der Waals surface area (Å²) in [5, 5.41) is 0.388. The number of carbonyl (C=O) groups is 1. The number of nitrogens with zero attached hydrogens (tertiary/aromatic N) is 1. The monoisotopic (exact) mass is 309 g/mol. The zero-order valence-corrected chi connectivity index (χ0v) is 15.6. The fraction of sp³-hybridized carbons (Fsp3) is 0.611. The van der Waals surface area contributed by atoms with Crippen molar-refractivity contribution < 1.29 is 4.79 Å². The van der Waals surface area contributed by atoms with Gasteiger partial charge in [0.05, 0.1) is 0 Å². The second-order valence-electron chi connectivity index (χ2n) is 6.28. The molecule has 0 aromatic carbocycles. The first-order chi connectivity index (χ1) is 9.66. The van der Waals surface area contributed by atoms with Crippen molar-refractivity contribution in [2.24, 2.45) is 5.92 Å². The molecule has 0 aliphatic carbocycles. The van der Waals surface area contributed by atoms with E-state index in [0.29, 0.717) is 11.2 Å². The standard InChI is InChI=1S/C18H31NOS/c1-13(2)11-9-10-12-17(14(3)4)18(20)19(15(5)6)21-16(7)8/h9-13,15-16H,1-8H3/b11-9-,12-10-. The maximum Gasteiger partial charge on any atom is 0.263 e. The van der Waals surface area contributed by atoms with Gasteiger partial charge in [0.2, 0.25) is 0 Å². The predicted octanol–water partition coefficient (Wildman–Crippen LogP) is 5.38. The van der Waals surface area contributed by atoms with Crippen LogP contribution in [0.25, 0.3) is 0 Å². The molecule has 120 valence electrons. The summed E-state index contributed by atoms with van der Waals surface area (Å²) in [7, 11) is 0. The van der Waals surface area contributed by atoms with Gasteiger partial charge in [-0.25, -0.2) is 0 Å². The van der Waals surface area contributed by atoms with Gasteiger partial charge in [-0.1, -0.05) is 51.5 Å². The number of rotatable bonds is 7. The molecule has 0 radical (unpaired) electrons. The lowest BCUT2D eigenvalue weighted by molar-refractivity contribution is -0.123. The predicted molar refractivity (Wildman–Crippen MR) is 96.2 cm³/mol. The molecule has 0 aliphatic rings. The van der Waals surface area contributed by atoms with Gasteiger partial charge in [-0.15, -0.1) is 0 Å². The summed E-state index contributed by atoms with van der Waals surface area (Å²) in [6.07, 6.45) is 8.01. The van der Waals surface area contributed by atoms with Gasteiger partial charge in [-0.05, 0) is 51.6 Å². The molecule has 0 aromatic heterocycles. The minimum Gasteiger partial charge on any atom is -0.280 e. The first kappa shape index (κ1) is 20.0. The minimum absolute atomic E-state index is 0.0953. The molecular formula is C18H31NOS. The van der Waals surface area contributed by atoms with E-state index >= 15 is 0 Å². The lowest BCUT2D eigenvalue weighted by Crippen LogP contribution is -2.33. The van der Waals surface area contributed by atoms with Crippen LogP contribution in [0.2, 0.25) is 0 Å². The highest BCUT2D eigenvalue weighted by Gasteiger charge is 2.22. The Kier molecular flexibility index (Phi) is 9.43. The maximum absolute atomic E-state index is 12.8. The molecule has 0 atom stereocenters. The fourth-order valence-corrected chi connectivity index (χ4v) is 2.53. The Balaban J connectivity index is 5.20. The molecule has 0 fully saturated rings. The van der Waals surface area contributed by atoms with Crippen LogP contribution in [-0.2, 0) is 4.79 Å². The molecule has 0 saturated carbocycles. The van der Waals surface area contributed by atoms with Crippen molar-refractivity contribution in [3.63, 3.8) is 0 Å². The van der Waals surface area contributed by atoms with Crippen molar-refractivity contribution in [1.82, 2.24) is 4.31 Å². The second-order valence-corrected chi connectivity index (χ2v) is 7.83. The molecule has 0 rings (SSSR count). The Bertz CT molecular complexity index is 413. The van der Waals surface area contributed by atoms with Crippen molar-refractivity contribution in [2.45, 2.75) is 66.7 Å². The van der Waals surface area contributed by atoms with Crippen LogP contribution in [0.3, 0.4) is 0 Å². The molecule has 0 saturated heterocycles. The van der Waals surface area contributed by atoms with Crippen LogP contribution in [0, 0.1) is 5.92 Å². The third-order valence-corrected chi connectivity index (χ3v) is 3.87. The molecule has 0 spiro atoms. The molecule has 0 aromatic rings. The molecular weight excluding hydrogens is 278 g/mol. The zero-order chi connectivity index (χ0) is 16.6. The molecule has 0 unspecified atom stereocenters. The smallest absolute Gasteiger partial charge is 0.263 e. The molecule has 21 heavy (non-hydrogen) atoms. The summed E-state index contributed by atoms with van der Waals surface area (Å²) >= 11 is 1.60. The average Bonchev–Trinajstić information content (AvgIpc) is 2.33. The summed E-state index contributed by atoms with van der Waals surface area (Å²) in [4.78, 5) is 12.8. The van der Waals surface area contributed by atoms with Crippen molar-refractivity contribution in [2.75, 3.05) is 0 Å². The van der Waals surface area contributed by atoms with Crippen LogP contribution in [0.1, 0.15) is 55.4 Å². The summed E-state index contributed by atoms with van der Waals surface area (Å²) in [6, 6.07) is 0.179. The molecule has 0 aliphatic heterocycles.